The highest BCUT2D eigenvalue weighted by Crippen LogP contribution is 2.29. The number of nitrogens with zero attached hydrogens (tertiary/aromatic N) is 4. The van der Waals surface area contributed by atoms with Crippen LogP contribution in [0.4, 0.5) is 16.0 Å². The standard InChI is InChI=1S/C18H12FN5O/c19-14-4-2-8-21-18(14)24-17-13-9-12(25)5-6-15(13)22-16(23-17)11-3-1-7-20-10-11/h1-10,25H,(H,21,22,23,24). The Labute approximate surface area is 142 Å². The summed E-state index contributed by atoms with van der Waals surface area (Å²) in [5, 5.41) is 13.2. The largest absolute Gasteiger partial charge is 0.508 e. The van der Waals surface area contributed by atoms with E-state index in [-0.39, 0.29) is 11.6 Å². The Morgan fingerprint density at radius 2 is 1.84 bits per heavy atom. The van der Waals surface area contributed by atoms with Crippen LogP contribution in [0.3, 0.4) is 0 Å². The van der Waals surface area contributed by atoms with Gasteiger partial charge in [0, 0.05) is 29.5 Å². The number of hydrogen-bond donors (Lipinski definition) is 2. The van der Waals surface area contributed by atoms with Crippen LogP contribution in [0.1, 0.15) is 0 Å². The number of phenols is 1. The van der Waals surface area contributed by atoms with Crippen molar-refractivity contribution in [2.75, 3.05) is 5.32 Å². The Bertz CT molecular complexity index is 1060. The van der Waals surface area contributed by atoms with Gasteiger partial charge in [-0.3, -0.25) is 4.98 Å². The molecule has 6 nitrogen and oxygen atoms in total. The lowest BCUT2D eigenvalue weighted by atomic mass is 10.2. The highest BCUT2D eigenvalue weighted by atomic mass is 19.1. The number of benzene rings is 1. The number of nitrogens with one attached hydrogen (secondary N) is 1. The van der Waals surface area contributed by atoms with E-state index in [1.807, 2.05) is 6.07 Å². The summed E-state index contributed by atoms with van der Waals surface area (Å²) in [4.78, 5) is 17.0. The zero-order valence-corrected chi connectivity index (χ0v) is 12.9. The maximum atomic E-state index is 14.0. The molecule has 7 heteroatoms. The number of aromatic hydroxyl groups is 1. The molecule has 4 aromatic rings. The average molecular weight is 333 g/mol. The predicted molar refractivity (Wildman–Crippen MR) is 91.9 cm³/mol. The van der Waals surface area contributed by atoms with Crippen LogP contribution in [0.2, 0.25) is 0 Å². The van der Waals surface area contributed by atoms with E-state index >= 15 is 0 Å². The smallest absolute Gasteiger partial charge is 0.167 e. The van der Waals surface area contributed by atoms with Crippen LogP contribution >= 0.6 is 0 Å². The van der Waals surface area contributed by atoms with Crippen LogP contribution in [-0.4, -0.2) is 25.0 Å². The molecule has 0 unspecified atom stereocenters. The first kappa shape index (κ1) is 14.9. The van der Waals surface area contributed by atoms with Gasteiger partial charge in [0.15, 0.2) is 17.5 Å². The van der Waals surface area contributed by atoms with Crippen LogP contribution in [-0.2, 0) is 0 Å². The lowest BCUT2D eigenvalue weighted by Gasteiger charge is -2.11. The van der Waals surface area contributed by atoms with E-state index in [9.17, 15) is 9.50 Å². The summed E-state index contributed by atoms with van der Waals surface area (Å²) in [6.07, 6.45) is 4.78. The van der Waals surface area contributed by atoms with Crippen molar-refractivity contribution in [2.24, 2.45) is 0 Å². The SMILES string of the molecule is Oc1ccc2nc(-c3cccnc3)nc(Nc3ncccc3F)c2c1. The molecule has 0 aliphatic heterocycles. The van der Waals surface area contributed by atoms with Gasteiger partial charge < -0.3 is 10.4 Å². The molecule has 0 aliphatic carbocycles. The summed E-state index contributed by atoms with van der Waals surface area (Å²) < 4.78 is 14.0. The molecule has 1 aromatic carbocycles. The van der Waals surface area contributed by atoms with Crippen molar-refractivity contribution in [1.29, 1.82) is 0 Å². The minimum absolute atomic E-state index is 0.0444. The van der Waals surface area contributed by atoms with Crippen LogP contribution in [0.5, 0.6) is 5.75 Å². The fourth-order valence-electron chi connectivity index (χ4n) is 2.43. The van der Waals surface area contributed by atoms with Crippen molar-refractivity contribution in [3.05, 3.63) is 66.9 Å². The summed E-state index contributed by atoms with van der Waals surface area (Å²) in [6.45, 7) is 0. The van der Waals surface area contributed by atoms with Crippen LogP contribution < -0.4 is 5.32 Å². The number of hydrogen-bond acceptors (Lipinski definition) is 6. The molecule has 2 N–H and O–H groups in total. The van der Waals surface area contributed by atoms with Gasteiger partial charge >= 0.3 is 0 Å². The minimum atomic E-state index is -0.502. The summed E-state index contributed by atoms with van der Waals surface area (Å²) in [5.41, 5.74) is 1.33. The Balaban J connectivity index is 1.91. The van der Waals surface area contributed by atoms with E-state index in [4.69, 9.17) is 0 Å². The lowest BCUT2D eigenvalue weighted by molar-refractivity contribution is 0.476. The summed E-state index contributed by atoms with van der Waals surface area (Å²) >= 11 is 0. The van der Waals surface area contributed by atoms with Gasteiger partial charge in [-0.15, -0.1) is 0 Å². The Morgan fingerprint density at radius 3 is 2.64 bits per heavy atom. The molecule has 0 saturated carbocycles. The second-order valence-corrected chi connectivity index (χ2v) is 5.30. The number of anilines is 2. The van der Waals surface area contributed by atoms with E-state index in [1.54, 1.807) is 24.5 Å². The lowest BCUT2D eigenvalue weighted by Crippen LogP contribution is -2.02. The van der Waals surface area contributed by atoms with Crippen LogP contribution in [0.25, 0.3) is 22.3 Å². The predicted octanol–water partition coefficient (Wildman–Crippen LogP) is 3.68. The van der Waals surface area contributed by atoms with Gasteiger partial charge in [-0.05, 0) is 42.5 Å². The quantitative estimate of drug-likeness (QED) is 0.595. The topological polar surface area (TPSA) is 83.8 Å². The first-order valence-corrected chi connectivity index (χ1v) is 7.49. The third-order valence-corrected chi connectivity index (χ3v) is 3.59. The molecule has 0 spiro atoms. The zero-order chi connectivity index (χ0) is 17.2. The molecule has 122 valence electrons. The third-order valence-electron chi connectivity index (χ3n) is 3.59. The number of aromatic nitrogens is 4. The maximum absolute atomic E-state index is 14.0. The highest BCUT2D eigenvalue weighted by Gasteiger charge is 2.12. The van der Waals surface area contributed by atoms with Gasteiger partial charge in [0.25, 0.3) is 0 Å². The molecule has 0 saturated heterocycles. The van der Waals surface area contributed by atoms with E-state index < -0.39 is 5.82 Å². The summed E-state index contributed by atoms with van der Waals surface area (Å²) in [7, 11) is 0. The van der Waals surface area contributed by atoms with E-state index in [2.05, 4.69) is 25.3 Å². The fourth-order valence-corrected chi connectivity index (χ4v) is 2.43. The zero-order valence-electron chi connectivity index (χ0n) is 12.9. The van der Waals surface area contributed by atoms with Crippen molar-refractivity contribution in [3.8, 4) is 17.1 Å². The Hall–Kier alpha value is -3.61. The minimum Gasteiger partial charge on any atom is -0.508 e. The second-order valence-electron chi connectivity index (χ2n) is 5.30. The molecule has 0 radical (unpaired) electrons. The molecular weight excluding hydrogens is 321 g/mol. The average Bonchev–Trinajstić information content (AvgIpc) is 2.64. The molecule has 0 bridgehead atoms. The van der Waals surface area contributed by atoms with Gasteiger partial charge in [-0.2, -0.15) is 0 Å². The third kappa shape index (κ3) is 2.94. The number of pyridine rings is 2. The number of phenolic OH excluding ortho intramolecular Hbond substituents is 1. The summed E-state index contributed by atoms with van der Waals surface area (Å²) in [6, 6.07) is 11.2. The number of halogens is 1. The molecular formula is C18H12FN5O. The van der Waals surface area contributed by atoms with Crippen molar-refractivity contribution in [3.63, 3.8) is 0 Å². The Morgan fingerprint density at radius 1 is 0.960 bits per heavy atom. The highest BCUT2D eigenvalue weighted by molar-refractivity contribution is 5.92. The first-order valence-electron chi connectivity index (χ1n) is 7.49. The van der Waals surface area contributed by atoms with Crippen molar-refractivity contribution < 1.29 is 9.50 Å². The molecule has 0 atom stereocenters. The molecule has 4 rings (SSSR count). The van der Waals surface area contributed by atoms with E-state index in [0.717, 1.165) is 5.56 Å². The van der Waals surface area contributed by atoms with Crippen molar-refractivity contribution >= 4 is 22.5 Å². The molecule has 0 amide bonds. The number of rotatable bonds is 3. The number of fused-ring (bicyclic) bond motifs is 1. The van der Waals surface area contributed by atoms with Crippen molar-refractivity contribution in [1.82, 2.24) is 19.9 Å². The first-order chi connectivity index (χ1) is 12.2. The monoisotopic (exact) mass is 333 g/mol. The molecule has 3 heterocycles. The fraction of sp³-hybridized carbons (Fsp3) is 0. The van der Waals surface area contributed by atoms with Gasteiger partial charge in [0.05, 0.1) is 5.52 Å². The molecule has 0 aliphatic rings. The maximum Gasteiger partial charge on any atom is 0.167 e. The Kier molecular flexibility index (Phi) is 3.66. The molecule has 0 fully saturated rings. The van der Waals surface area contributed by atoms with Gasteiger partial charge in [-0.25, -0.2) is 19.3 Å². The van der Waals surface area contributed by atoms with Gasteiger partial charge in [0.2, 0.25) is 0 Å². The summed E-state index contributed by atoms with van der Waals surface area (Å²) in [5.74, 6) is 0.387. The van der Waals surface area contributed by atoms with E-state index in [1.165, 1.54) is 30.5 Å². The van der Waals surface area contributed by atoms with Crippen LogP contribution in [0.15, 0.2) is 61.1 Å². The molecule has 25 heavy (non-hydrogen) atoms. The van der Waals surface area contributed by atoms with Crippen LogP contribution in [0, 0.1) is 5.82 Å². The molecule has 3 aromatic heterocycles. The van der Waals surface area contributed by atoms with E-state index in [0.29, 0.717) is 22.5 Å². The van der Waals surface area contributed by atoms with Crippen molar-refractivity contribution in [2.45, 2.75) is 0 Å². The second kappa shape index (κ2) is 6.12. The van der Waals surface area contributed by atoms with Gasteiger partial charge in [-0.1, -0.05) is 0 Å². The van der Waals surface area contributed by atoms with Gasteiger partial charge in [0.1, 0.15) is 11.6 Å². The normalized spacial score (nSPS) is 10.8.